The number of aryl methyl sites for hydroxylation is 1. The summed E-state index contributed by atoms with van der Waals surface area (Å²) in [5.74, 6) is 1.17. The maximum absolute atomic E-state index is 11.9. The molecule has 2 fully saturated rings. The van der Waals surface area contributed by atoms with Gasteiger partial charge in [-0.3, -0.25) is 10.2 Å². The van der Waals surface area contributed by atoms with Crippen LogP contribution in [-0.2, 0) is 4.74 Å². The van der Waals surface area contributed by atoms with E-state index in [0.717, 1.165) is 39.0 Å². The van der Waals surface area contributed by atoms with Gasteiger partial charge in [-0.15, -0.1) is 0 Å². The van der Waals surface area contributed by atoms with Gasteiger partial charge in [0.15, 0.2) is 0 Å². The lowest BCUT2D eigenvalue weighted by Gasteiger charge is -2.47. The zero-order valence-corrected chi connectivity index (χ0v) is 12.9. The predicted octanol–water partition coefficient (Wildman–Crippen LogP) is 1.16. The zero-order chi connectivity index (χ0) is 15.4. The van der Waals surface area contributed by atoms with E-state index in [9.17, 15) is 4.79 Å². The predicted molar refractivity (Wildman–Crippen MR) is 82.7 cm³/mol. The van der Waals surface area contributed by atoms with Gasteiger partial charge in [-0.1, -0.05) is 0 Å². The average molecular weight is 305 g/mol. The number of rotatable bonds is 4. The van der Waals surface area contributed by atoms with Crippen LogP contribution in [0.5, 0.6) is 0 Å². The number of hydrogen-bond acceptors (Lipinski definition) is 5. The van der Waals surface area contributed by atoms with E-state index in [0.29, 0.717) is 30.3 Å². The first-order valence-corrected chi connectivity index (χ1v) is 7.90. The second-order valence-corrected chi connectivity index (χ2v) is 5.85. The lowest BCUT2D eigenvalue weighted by atomic mass is 9.95. The molecule has 2 saturated heterocycles. The highest BCUT2D eigenvalue weighted by Gasteiger charge is 2.34. The molecular weight excluding hydrogens is 282 g/mol. The molecular formula is C15H23N5O2. The third-order valence-corrected chi connectivity index (χ3v) is 4.37. The van der Waals surface area contributed by atoms with E-state index in [4.69, 9.17) is 4.74 Å². The summed E-state index contributed by atoms with van der Waals surface area (Å²) in [4.78, 5) is 22.6. The summed E-state index contributed by atoms with van der Waals surface area (Å²) in [6.07, 6.45) is 4.98. The Morgan fingerprint density at radius 2 is 2.23 bits per heavy atom. The topological polar surface area (TPSA) is 79.4 Å². The van der Waals surface area contributed by atoms with Crippen molar-refractivity contribution in [2.24, 2.45) is 0 Å². The number of carbonyl (C=O) groups excluding carboxylic acids is 1. The Morgan fingerprint density at radius 1 is 1.41 bits per heavy atom. The fraction of sp³-hybridized carbons (Fsp3) is 0.667. The van der Waals surface area contributed by atoms with Crippen LogP contribution in [0.15, 0.2) is 12.3 Å². The number of anilines is 1. The SMILES string of the molecule is Cc1nccc(NC(=O)NCC2CCN2C2CCOCC2)n1. The lowest BCUT2D eigenvalue weighted by Crippen LogP contribution is -2.58. The van der Waals surface area contributed by atoms with E-state index < -0.39 is 0 Å². The van der Waals surface area contributed by atoms with E-state index in [1.165, 1.54) is 0 Å². The van der Waals surface area contributed by atoms with Gasteiger partial charge >= 0.3 is 6.03 Å². The number of aromatic nitrogens is 2. The van der Waals surface area contributed by atoms with Crippen molar-refractivity contribution in [3.8, 4) is 0 Å². The molecule has 2 amide bonds. The highest BCUT2D eigenvalue weighted by Crippen LogP contribution is 2.25. The van der Waals surface area contributed by atoms with Gasteiger partial charge in [0.05, 0.1) is 0 Å². The van der Waals surface area contributed by atoms with E-state index in [1.54, 1.807) is 19.2 Å². The van der Waals surface area contributed by atoms with Crippen LogP contribution in [0.3, 0.4) is 0 Å². The van der Waals surface area contributed by atoms with Crippen LogP contribution in [0.2, 0.25) is 0 Å². The number of carbonyl (C=O) groups is 1. The van der Waals surface area contributed by atoms with E-state index >= 15 is 0 Å². The molecule has 2 aliphatic rings. The molecule has 2 aliphatic heterocycles. The van der Waals surface area contributed by atoms with Gasteiger partial charge in [-0.25, -0.2) is 14.8 Å². The molecule has 7 nitrogen and oxygen atoms in total. The van der Waals surface area contributed by atoms with Crippen molar-refractivity contribution in [1.29, 1.82) is 0 Å². The van der Waals surface area contributed by atoms with E-state index in [-0.39, 0.29) is 6.03 Å². The summed E-state index contributed by atoms with van der Waals surface area (Å²) in [6.45, 7) is 5.31. The van der Waals surface area contributed by atoms with Gasteiger partial charge in [0.1, 0.15) is 11.6 Å². The summed E-state index contributed by atoms with van der Waals surface area (Å²) < 4.78 is 5.41. The Balaban J connectivity index is 1.43. The molecule has 0 radical (unpaired) electrons. The third kappa shape index (κ3) is 3.72. The summed E-state index contributed by atoms with van der Waals surface area (Å²) in [5.41, 5.74) is 0. The van der Waals surface area contributed by atoms with Crippen LogP contribution in [0.25, 0.3) is 0 Å². The average Bonchev–Trinajstić information content (AvgIpc) is 2.47. The number of nitrogens with zero attached hydrogens (tertiary/aromatic N) is 3. The number of ether oxygens (including phenoxy) is 1. The molecule has 0 aromatic carbocycles. The third-order valence-electron chi connectivity index (χ3n) is 4.37. The molecule has 1 atom stereocenters. The van der Waals surface area contributed by atoms with Crippen molar-refractivity contribution < 1.29 is 9.53 Å². The molecule has 0 spiro atoms. The summed E-state index contributed by atoms with van der Waals surface area (Å²) in [5, 5.41) is 5.68. The van der Waals surface area contributed by atoms with Gasteiger partial charge < -0.3 is 10.1 Å². The Bertz CT molecular complexity index is 518. The smallest absolute Gasteiger partial charge is 0.320 e. The molecule has 1 aromatic heterocycles. The first kappa shape index (κ1) is 15.2. The first-order valence-electron chi connectivity index (χ1n) is 7.90. The summed E-state index contributed by atoms with van der Waals surface area (Å²) in [7, 11) is 0. The molecule has 120 valence electrons. The van der Waals surface area contributed by atoms with Crippen LogP contribution in [0.4, 0.5) is 10.6 Å². The highest BCUT2D eigenvalue weighted by molar-refractivity contribution is 5.88. The van der Waals surface area contributed by atoms with Crippen molar-refractivity contribution in [3.63, 3.8) is 0 Å². The van der Waals surface area contributed by atoms with Crippen molar-refractivity contribution in [1.82, 2.24) is 20.2 Å². The van der Waals surface area contributed by atoms with E-state index in [2.05, 4.69) is 25.5 Å². The van der Waals surface area contributed by atoms with Crippen LogP contribution >= 0.6 is 0 Å². The van der Waals surface area contributed by atoms with Gasteiger partial charge in [0.2, 0.25) is 0 Å². The maximum atomic E-state index is 11.9. The van der Waals surface area contributed by atoms with Crippen LogP contribution < -0.4 is 10.6 Å². The quantitative estimate of drug-likeness (QED) is 0.872. The fourth-order valence-corrected chi connectivity index (χ4v) is 3.07. The van der Waals surface area contributed by atoms with E-state index in [1.807, 2.05) is 0 Å². The molecule has 0 bridgehead atoms. The lowest BCUT2D eigenvalue weighted by molar-refractivity contribution is -0.0217. The fourth-order valence-electron chi connectivity index (χ4n) is 3.07. The first-order chi connectivity index (χ1) is 10.7. The minimum Gasteiger partial charge on any atom is -0.381 e. The van der Waals surface area contributed by atoms with Gasteiger partial charge in [-0.05, 0) is 32.3 Å². The Hall–Kier alpha value is -1.73. The molecule has 1 aromatic rings. The minimum absolute atomic E-state index is 0.211. The van der Waals surface area contributed by atoms with Crippen molar-refractivity contribution in [2.75, 3.05) is 31.6 Å². The van der Waals surface area contributed by atoms with Gasteiger partial charge in [0, 0.05) is 44.6 Å². The van der Waals surface area contributed by atoms with Crippen LogP contribution in [-0.4, -0.2) is 59.3 Å². The van der Waals surface area contributed by atoms with Crippen molar-refractivity contribution in [2.45, 2.75) is 38.3 Å². The largest absolute Gasteiger partial charge is 0.381 e. The Morgan fingerprint density at radius 3 is 2.91 bits per heavy atom. The Labute approximate surface area is 130 Å². The summed E-state index contributed by atoms with van der Waals surface area (Å²) in [6, 6.07) is 2.53. The van der Waals surface area contributed by atoms with Gasteiger partial charge in [0.25, 0.3) is 0 Å². The number of hydrogen-bond donors (Lipinski definition) is 2. The minimum atomic E-state index is -0.211. The molecule has 2 N–H and O–H groups in total. The van der Waals surface area contributed by atoms with Crippen molar-refractivity contribution >= 4 is 11.8 Å². The standard InChI is InChI=1S/C15H23N5O2/c1-11-16-6-2-14(18-11)19-15(21)17-10-13-3-7-20(13)12-4-8-22-9-5-12/h2,6,12-13H,3-5,7-10H2,1H3,(H2,16,17,18,19,21). The number of nitrogens with one attached hydrogen (secondary N) is 2. The molecule has 3 heterocycles. The number of likely N-dealkylation sites (tertiary alicyclic amines) is 1. The second-order valence-electron chi connectivity index (χ2n) is 5.85. The number of amides is 2. The van der Waals surface area contributed by atoms with Gasteiger partial charge in [-0.2, -0.15) is 0 Å². The molecule has 7 heteroatoms. The van der Waals surface area contributed by atoms with Crippen LogP contribution in [0.1, 0.15) is 25.1 Å². The molecule has 1 unspecified atom stereocenters. The zero-order valence-electron chi connectivity index (χ0n) is 12.9. The molecule has 0 aliphatic carbocycles. The second kappa shape index (κ2) is 7.02. The summed E-state index contributed by atoms with van der Waals surface area (Å²) >= 11 is 0. The molecule has 0 saturated carbocycles. The normalized spacial score (nSPS) is 22.9. The van der Waals surface area contributed by atoms with Crippen LogP contribution in [0, 0.1) is 6.92 Å². The molecule has 22 heavy (non-hydrogen) atoms. The molecule has 3 rings (SSSR count). The maximum Gasteiger partial charge on any atom is 0.320 e. The van der Waals surface area contributed by atoms with Crippen molar-refractivity contribution in [3.05, 3.63) is 18.1 Å². The number of urea groups is 1. The highest BCUT2D eigenvalue weighted by atomic mass is 16.5. The Kier molecular flexibility index (Phi) is 4.84. The monoisotopic (exact) mass is 305 g/mol.